The maximum Gasteiger partial charge on any atom is 0.229 e. The molecule has 4 nitrogen and oxygen atoms in total. The van der Waals surface area contributed by atoms with Gasteiger partial charge in [0.2, 0.25) is 5.91 Å². The van der Waals surface area contributed by atoms with Crippen molar-refractivity contribution in [2.75, 3.05) is 18.4 Å². The van der Waals surface area contributed by atoms with Crippen LogP contribution in [0.25, 0.3) is 10.2 Å². The number of carbonyl (C=O) groups excluding carboxylic acids is 1. The first kappa shape index (κ1) is 12.6. The molecule has 0 bridgehead atoms. The van der Waals surface area contributed by atoms with Crippen molar-refractivity contribution in [3.8, 4) is 0 Å². The fourth-order valence-electron chi connectivity index (χ4n) is 2.38. The lowest BCUT2D eigenvalue weighted by molar-refractivity contribution is -0.120. The Morgan fingerprint density at radius 3 is 3.00 bits per heavy atom. The first-order valence-electron chi connectivity index (χ1n) is 6.61. The second-order valence-corrected chi connectivity index (χ2v) is 6.03. The molecule has 100 valence electrons. The van der Waals surface area contributed by atoms with Crippen LogP contribution in [0.3, 0.4) is 0 Å². The maximum absolute atomic E-state index is 12.1. The number of carbonyl (C=O) groups is 1. The molecule has 2 aromatic rings. The van der Waals surface area contributed by atoms with Gasteiger partial charge in [0.1, 0.15) is 0 Å². The van der Waals surface area contributed by atoms with Crippen LogP contribution in [-0.4, -0.2) is 24.0 Å². The van der Waals surface area contributed by atoms with Gasteiger partial charge in [-0.05, 0) is 50.6 Å². The summed E-state index contributed by atoms with van der Waals surface area (Å²) >= 11 is 1.55. The Morgan fingerprint density at radius 2 is 2.21 bits per heavy atom. The minimum atomic E-state index is 0.109. The molecule has 3 rings (SSSR count). The van der Waals surface area contributed by atoms with Gasteiger partial charge in [0.25, 0.3) is 0 Å². The summed E-state index contributed by atoms with van der Waals surface area (Å²) in [7, 11) is 0. The minimum absolute atomic E-state index is 0.109. The molecule has 0 unspecified atom stereocenters. The van der Waals surface area contributed by atoms with Crippen molar-refractivity contribution in [1.29, 1.82) is 0 Å². The highest BCUT2D eigenvalue weighted by atomic mass is 32.1. The quantitative estimate of drug-likeness (QED) is 0.885. The van der Waals surface area contributed by atoms with Gasteiger partial charge >= 0.3 is 0 Å². The van der Waals surface area contributed by atoms with E-state index in [0.717, 1.165) is 36.1 Å². The van der Waals surface area contributed by atoms with Gasteiger partial charge in [-0.1, -0.05) is 17.4 Å². The summed E-state index contributed by atoms with van der Waals surface area (Å²) in [4.78, 5) is 16.6. The van der Waals surface area contributed by atoms with E-state index >= 15 is 0 Å². The SMILES string of the molecule is Cc1ccc2nc(NC(=O)C3CCNCC3)sc2c1. The third-order valence-electron chi connectivity index (χ3n) is 3.48. The van der Waals surface area contributed by atoms with Crippen LogP contribution in [0.4, 0.5) is 5.13 Å². The number of piperidine rings is 1. The smallest absolute Gasteiger partial charge is 0.229 e. The Bertz CT molecular complexity index is 602. The van der Waals surface area contributed by atoms with Gasteiger partial charge in [-0.2, -0.15) is 0 Å². The van der Waals surface area contributed by atoms with Crippen LogP contribution in [0.5, 0.6) is 0 Å². The van der Waals surface area contributed by atoms with Crippen molar-refractivity contribution in [3.05, 3.63) is 23.8 Å². The lowest BCUT2D eigenvalue weighted by Crippen LogP contribution is -2.34. The van der Waals surface area contributed by atoms with E-state index in [0.29, 0.717) is 5.13 Å². The van der Waals surface area contributed by atoms with Crippen molar-refractivity contribution in [3.63, 3.8) is 0 Å². The van der Waals surface area contributed by atoms with E-state index in [9.17, 15) is 4.79 Å². The molecule has 1 amide bonds. The lowest BCUT2D eigenvalue weighted by atomic mass is 9.97. The summed E-state index contributed by atoms with van der Waals surface area (Å²) in [5, 5.41) is 6.94. The topological polar surface area (TPSA) is 54.0 Å². The molecule has 19 heavy (non-hydrogen) atoms. The molecule has 1 aliphatic heterocycles. The molecule has 2 heterocycles. The van der Waals surface area contributed by atoms with Crippen LogP contribution < -0.4 is 10.6 Å². The monoisotopic (exact) mass is 275 g/mol. The van der Waals surface area contributed by atoms with Crippen LogP contribution in [0.1, 0.15) is 18.4 Å². The first-order chi connectivity index (χ1) is 9.22. The molecular formula is C14H17N3OS. The molecule has 0 atom stereocenters. The first-order valence-corrected chi connectivity index (χ1v) is 7.43. The summed E-state index contributed by atoms with van der Waals surface area (Å²) in [6.45, 7) is 3.92. The molecular weight excluding hydrogens is 258 g/mol. The second-order valence-electron chi connectivity index (χ2n) is 5.00. The third kappa shape index (κ3) is 2.77. The average Bonchev–Trinajstić information content (AvgIpc) is 2.81. The lowest BCUT2D eigenvalue weighted by Gasteiger charge is -2.20. The average molecular weight is 275 g/mol. The number of aromatic nitrogens is 1. The zero-order chi connectivity index (χ0) is 13.2. The maximum atomic E-state index is 12.1. The number of anilines is 1. The molecule has 5 heteroatoms. The van der Waals surface area contributed by atoms with E-state index in [4.69, 9.17) is 0 Å². The normalized spacial score (nSPS) is 16.7. The van der Waals surface area contributed by atoms with Gasteiger partial charge in [-0.15, -0.1) is 0 Å². The fourth-order valence-corrected chi connectivity index (χ4v) is 3.34. The molecule has 0 saturated carbocycles. The molecule has 1 aromatic heterocycles. The summed E-state index contributed by atoms with van der Waals surface area (Å²) in [5.74, 6) is 0.229. The Kier molecular flexibility index (Phi) is 3.48. The number of rotatable bonds is 2. The van der Waals surface area contributed by atoms with Crippen molar-refractivity contribution < 1.29 is 4.79 Å². The molecule has 0 aliphatic carbocycles. The Hall–Kier alpha value is -1.46. The van der Waals surface area contributed by atoms with Gasteiger partial charge in [0, 0.05) is 5.92 Å². The highest BCUT2D eigenvalue weighted by molar-refractivity contribution is 7.22. The van der Waals surface area contributed by atoms with Crippen LogP contribution in [0, 0.1) is 12.8 Å². The van der Waals surface area contributed by atoms with Crippen molar-refractivity contribution in [2.24, 2.45) is 5.92 Å². The number of benzene rings is 1. The van der Waals surface area contributed by atoms with E-state index in [1.165, 1.54) is 5.56 Å². The van der Waals surface area contributed by atoms with Gasteiger partial charge in [0.05, 0.1) is 10.2 Å². The van der Waals surface area contributed by atoms with Crippen molar-refractivity contribution >= 4 is 32.6 Å². The van der Waals surface area contributed by atoms with Gasteiger partial charge in [-0.3, -0.25) is 4.79 Å². The molecule has 1 aliphatic rings. The van der Waals surface area contributed by atoms with E-state index in [-0.39, 0.29) is 11.8 Å². The highest BCUT2D eigenvalue weighted by Crippen LogP contribution is 2.27. The van der Waals surface area contributed by atoms with Crippen molar-refractivity contribution in [1.82, 2.24) is 10.3 Å². The van der Waals surface area contributed by atoms with Crippen LogP contribution >= 0.6 is 11.3 Å². The molecule has 0 spiro atoms. The molecule has 1 aromatic carbocycles. The zero-order valence-corrected chi connectivity index (χ0v) is 11.7. The number of hydrogen-bond acceptors (Lipinski definition) is 4. The van der Waals surface area contributed by atoms with E-state index in [2.05, 4.69) is 28.6 Å². The van der Waals surface area contributed by atoms with E-state index in [1.54, 1.807) is 11.3 Å². The van der Waals surface area contributed by atoms with Gasteiger partial charge in [-0.25, -0.2) is 4.98 Å². The van der Waals surface area contributed by atoms with Crippen molar-refractivity contribution in [2.45, 2.75) is 19.8 Å². The number of nitrogens with zero attached hydrogens (tertiary/aromatic N) is 1. The number of aryl methyl sites for hydroxylation is 1. The second kappa shape index (κ2) is 5.27. The summed E-state index contributed by atoms with van der Waals surface area (Å²) < 4.78 is 1.13. The van der Waals surface area contributed by atoms with Gasteiger partial charge < -0.3 is 10.6 Å². The Balaban J connectivity index is 1.75. The summed E-state index contributed by atoms with van der Waals surface area (Å²) in [6.07, 6.45) is 1.83. The third-order valence-corrected chi connectivity index (χ3v) is 4.42. The predicted molar refractivity (Wildman–Crippen MR) is 78.6 cm³/mol. The molecule has 1 saturated heterocycles. The number of fused-ring (bicyclic) bond motifs is 1. The molecule has 0 radical (unpaired) electrons. The number of nitrogens with one attached hydrogen (secondary N) is 2. The highest BCUT2D eigenvalue weighted by Gasteiger charge is 2.21. The fraction of sp³-hybridized carbons (Fsp3) is 0.429. The number of amides is 1. The van der Waals surface area contributed by atoms with E-state index < -0.39 is 0 Å². The molecule has 1 fully saturated rings. The van der Waals surface area contributed by atoms with Crippen LogP contribution in [0.2, 0.25) is 0 Å². The van der Waals surface area contributed by atoms with Gasteiger partial charge in [0.15, 0.2) is 5.13 Å². The molecule has 2 N–H and O–H groups in total. The largest absolute Gasteiger partial charge is 0.317 e. The Morgan fingerprint density at radius 1 is 1.42 bits per heavy atom. The zero-order valence-electron chi connectivity index (χ0n) is 10.9. The minimum Gasteiger partial charge on any atom is -0.317 e. The Labute approximate surface area is 116 Å². The number of hydrogen-bond donors (Lipinski definition) is 2. The van der Waals surface area contributed by atoms with Crippen LogP contribution in [-0.2, 0) is 4.79 Å². The van der Waals surface area contributed by atoms with Crippen LogP contribution in [0.15, 0.2) is 18.2 Å². The summed E-state index contributed by atoms with van der Waals surface area (Å²) in [5.41, 5.74) is 2.17. The number of thiazole rings is 1. The standard InChI is InChI=1S/C14H17N3OS/c1-9-2-3-11-12(8-9)19-14(16-11)17-13(18)10-4-6-15-7-5-10/h2-3,8,10,15H,4-7H2,1H3,(H,16,17,18). The summed E-state index contributed by atoms with van der Waals surface area (Å²) in [6, 6.07) is 6.15. The predicted octanol–water partition coefficient (Wildman–Crippen LogP) is 2.54. The van der Waals surface area contributed by atoms with E-state index in [1.807, 2.05) is 12.1 Å².